The Labute approximate surface area is 135 Å². The molecule has 0 spiro atoms. The first kappa shape index (κ1) is 13.7. The van der Waals surface area contributed by atoms with Crippen LogP contribution in [0, 0.1) is 0 Å². The van der Waals surface area contributed by atoms with Gasteiger partial charge in [0, 0.05) is 5.57 Å². The maximum absolute atomic E-state index is 11.9. The summed E-state index contributed by atoms with van der Waals surface area (Å²) in [6.45, 7) is 0. The highest BCUT2D eigenvalue weighted by molar-refractivity contribution is 6.13. The van der Waals surface area contributed by atoms with Crippen LogP contribution in [0.2, 0.25) is 0 Å². The summed E-state index contributed by atoms with van der Waals surface area (Å²) in [6, 6.07) is 30.7. The standard InChI is InChI=1S/C22H16O/c23-16-20-21(17-10-4-1-5-11-17)22(20,18-12-6-2-7-13-18)19-14-8-3-9-15-19/h1-16H. The average Bonchev–Trinajstić information content (AvgIpc) is 3.34. The fraction of sp³-hybridized carbons (Fsp3) is 0.0455. The van der Waals surface area contributed by atoms with Gasteiger partial charge in [-0.2, -0.15) is 0 Å². The molecule has 3 aromatic carbocycles. The first-order valence-electron chi connectivity index (χ1n) is 7.76. The number of hydrogen-bond donors (Lipinski definition) is 0. The summed E-state index contributed by atoms with van der Waals surface area (Å²) in [5, 5.41) is 0. The van der Waals surface area contributed by atoms with Crippen LogP contribution in [0.25, 0.3) is 5.57 Å². The Morgan fingerprint density at radius 2 is 1.04 bits per heavy atom. The van der Waals surface area contributed by atoms with Gasteiger partial charge in [-0.05, 0) is 22.3 Å². The molecule has 3 aromatic rings. The van der Waals surface area contributed by atoms with Crippen molar-refractivity contribution >= 4 is 11.9 Å². The molecule has 0 aliphatic heterocycles. The van der Waals surface area contributed by atoms with E-state index in [1.54, 1.807) is 0 Å². The lowest BCUT2D eigenvalue weighted by atomic mass is 9.80. The van der Waals surface area contributed by atoms with E-state index in [1.165, 1.54) is 0 Å². The Kier molecular flexibility index (Phi) is 3.20. The molecule has 1 heteroatoms. The largest absolute Gasteiger partial charge is 0.298 e. The van der Waals surface area contributed by atoms with E-state index >= 15 is 0 Å². The van der Waals surface area contributed by atoms with Crippen LogP contribution in [0.5, 0.6) is 0 Å². The molecule has 0 saturated heterocycles. The zero-order valence-corrected chi connectivity index (χ0v) is 12.6. The number of rotatable bonds is 4. The van der Waals surface area contributed by atoms with Crippen molar-refractivity contribution in [1.82, 2.24) is 0 Å². The average molecular weight is 296 g/mol. The van der Waals surface area contributed by atoms with Crippen molar-refractivity contribution in [3.05, 3.63) is 113 Å². The van der Waals surface area contributed by atoms with Gasteiger partial charge in [-0.15, -0.1) is 0 Å². The predicted molar refractivity (Wildman–Crippen MR) is 93.1 cm³/mol. The van der Waals surface area contributed by atoms with Gasteiger partial charge in [0.15, 0.2) is 0 Å². The molecule has 0 fully saturated rings. The fourth-order valence-electron chi connectivity index (χ4n) is 3.57. The van der Waals surface area contributed by atoms with Gasteiger partial charge in [0.25, 0.3) is 0 Å². The lowest BCUT2D eigenvalue weighted by molar-refractivity contribution is -0.104. The highest BCUT2D eigenvalue weighted by Crippen LogP contribution is 2.62. The molecular formula is C22H16O. The second-order valence-electron chi connectivity index (χ2n) is 5.75. The molecule has 1 aliphatic rings. The van der Waals surface area contributed by atoms with Crippen molar-refractivity contribution in [1.29, 1.82) is 0 Å². The monoisotopic (exact) mass is 296 g/mol. The number of allylic oxidation sites excluding steroid dienone is 2. The van der Waals surface area contributed by atoms with Crippen LogP contribution < -0.4 is 0 Å². The predicted octanol–water partition coefficient (Wildman–Crippen LogP) is 4.64. The Morgan fingerprint density at radius 3 is 1.48 bits per heavy atom. The number of hydrogen-bond acceptors (Lipinski definition) is 1. The Morgan fingerprint density at radius 1 is 0.609 bits per heavy atom. The molecule has 23 heavy (non-hydrogen) atoms. The van der Waals surface area contributed by atoms with E-state index in [1.807, 2.05) is 54.6 Å². The smallest absolute Gasteiger partial charge is 0.147 e. The Balaban J connectivity index is 1.95. The Hall–Kier alpha value is -2.93. The molecule has 0 radical (unpaired) electrons. The van der Waals surface area contributed by atoms with Crippen molar-refractivity contribution in [3.63, 3.8) is 0 Å². The minimum Gasteiger partial charge on any atom is -0.298 e. The molecule has 4 rings (SSSR count). The molecule has 1 aliphatic carbocycles. The second-order valence-corrected chi connectivity index (χ2v) is 5.75. The van der Waals surface area contributed by atoms with E-state index in [0.29, 0.717) is 0 Å². The summed E-state index contributed by atoms with van der Waals surface area (Å²) < 4.78 is 0. The maximum atomic E-state index is 11.9. The molecule has 0 heterocycles. The fourth-order valence-corrected chi connectivity index (χ4v) is 3.57. The normalized spacial score (nSPS) is 15.3. The molecule has 0 aromatic heterocycles. The van der Waals surface area contributed by atoms with E-state index in [4.69, 9.17) is 0 Å². The van der Waals surface area contributed by atoms with Crippen molar-refractivity contribution in [3.8, 4) is 0 Å². The van der Waals surface area contributed by atoms with Crippen LogP contribution in [0.3, 0.4) is 0 Å². The van der Waals surface area contributed by atoms with E-state index in [2.05, 4.69) is 36.4 Å². The van der Waals surface area contributed by atoms with E-state index in [0.717, 1.165) is 34.1 Å². The summed E-state index contributed by atoms with van der Waals surface area (Å²) in [4.78, 5) is 11.9. The minimum atomic E-state index is -0.411. The number of aldehydes is 1. The zero-order valence-electron chi connectivity index (χ0n) is 12.6. The molecule has 0 saturated carbocycles. The summed E-state index contributed by atoms with van der Waals surface area (Å²) in [5.74, 6) is 0. The highest BCUT2D eigenvalue weighted by Gasteiger charge is 2.55. The zero-order chi connectivity index (χ0) is 15.7. The highest BCUT2D eigenvalue weighted by atomic mass is 16.1. The van der Waals surface area contributed by atoms with Gasteiger partial charge < -0.3 is 0 Å². The summed E-state index contributed by atoms with van der Waals surface area (Å²) in [6.07, 6.45) is 1.02. The van der Waals surface area contributed by atoms with Gasteiger partial charge in [-0.25, -0.2) is 0 Å². The van der Waals surface area contributed by atoms with Gasteiger partial charge in [0.2, 0.25) is 0 Å². The minimum absolute atomic E-state index is 0.411. The van der Waals surface area contributed by atoms with Crippen LogP contribution >= 0.6 is 0 Å². The number of carbonyl (C=O) groups is 1. The van der Waals surface area contributed by atoms with E-state index in [9.17, 15) is 4.79 Å². The summed E-state index contributed by atoms with van der Waals surface area (Å²) in [7, 11) is 0. The molecule has 0 bridgehead atoms. The maximum Gasteiger partial charge on any atom is 0.147 e. The molecule has 0 amide bonds. The molecule has 0 unspecified atom stereocenters. The number of benzene rings is 3. The first-order valence-corrected chi connectivity index (χ1v) is 7.76. The lowest BCUT2D eigenvalue weighted by Crippen LogP contribution is -2.16. The topological polar surface area (TPSA) is 17.1 Å². The summed E-state index contributed by atoms with van der Waals surface area (Å²) in [5.41, 5.74) is 4.97. The lowest BCUT2D eigenvalue weighted by Gasteiger charge is -2.21. The Bertz CT molecular complexity index is 822. The van der Waals surface area contributed by atoms with Crippen LogP contribution in [0.1, 0.15) is 16.7 Å². The molecular weight excluding hydrogens is 280 g/mol. The first-order chi connectivity index (χ1) is 11.4. The van der Waals surface area contributed by atoms with Crippen molar-refractivity contribution < 1.29 is 4.79 Å². The third kappa shape index (κ3) is 1.97. The van der Waals surface area contributed by atoms with Crippen LogP contribution in [0.4, 0.5) is 0 Å². The van der Waals surface area contributed by atoms with Crippen LogP contribution in [-0.2, 0) is 10.2 Å². The van der Waals surface area contributed by atoms with Crippen molar-refractivity contribution in [2.75, 3.05) is 0 Å². The van der Waals surface area contributed by atoms with Crippen LogP contribution in [0.15, 0.2) is 96.6 Å². The van der Waals surface area contributed by atoms with E-state index < -0.39 is 5.41 Å². The van der Waals surface area contributed by atoms with Crippen molar-refractivity contribution in [2.24, 2.45) is 0 Å². The third-order valence-corrected chi connectivity index (χ3v) is 4.58. The van der Waals surface area contributed by atoms with Crippen molar-refractivity contribution in [2.45, 2.75) is 5.41 Å². The molecule has 0 atom stereocenters. The van der Waals surface area contributed by atoms with Gasteiger partial charge in [-0.3, -0.25) is 4.79 Å². The molecule has 1 nitrogen and oxygen atoms in total. The van der Waals surface area contributed by atoms with Gasteiger partial charge in [-0.1, -0.05) is 91.0 Å². The number of carbonyl (C=O) groups excluding carboxylic acids is 1. The van der Waals surface area contributed by atoms with Gasteiger partial charge in [0.1, 0.15) is 6.29 Å². The third-order valence-electron chi connectivity index (χ3n) is 4.58. The quantitative estimate of drug-likeness (QED) is 0.641. The van der Waals surface area contributed by atoms with Gasteiger partial charge >= 0.3 is 0 Å². The SMILES string of the molecule is O=CC1=C(c2ccccc2)C1(c1ccccc1)c1ccccc1. The van der Waals surface area contributed by atoms with Crippen LogP contribution in [-0.4, -0.2) is 6.29 Å². The molecule has 0 N–H and O–H groups in total. The second kappa shape index (κ2) is 5.36. The van der Waals surface area contributed by atoms with Gasteiger partial charge in [0.05, 0.1) is 5.41 Å². The van der Waals surface area contributed by atoms with E-state index in [-0.39, 0.29) is 0 Å². The molecule has 110 valence electrons. The summed E-state index contributed by atoms with van der Waals surface area (Å²) >= 11 is 0.